The molecule has 0 saturated heterocycles. The second kappa shape index (κ2) is 6.12. The Kier molecular flexibility index (Phi) is 5.89. The first-order valence-corrected chi connectivity index (χ1v) is 5.10. The number of rotatable bonds is 5. The van der Waals surface area contributed by atoms with E-state index >= 15 is 0 Å². The van der Waals surface area contributed by atoms with Crippen LogP contribution in [0.3, 0.4) is 0 Å². The van der Waals surface area contributed by atoms with Crippen LogP contribution in [-0.4, -0.2) is 23.5 Å². The van der Waals surface area contributed by atoms with Gasteiger partial charge in [0.1, 0.15) is 0 Å². The van der Waals surface area contributed by atoms with E-state index in [4.69, 9.17) is 0 Å². The molecule has 0 atom stereocenters. The van der Waals surface area contributed by atoms with Crippen molar-refractivity contribution >= 4 is 17.7 Å². The first kappa shape index (κ1) is 11.6. The highest BCUT2D eigenvalue weighted by Gasteiger charge is 2.01. The highest BCUT2D eigenvalue weighted by Crippen LogP contribution is 2.07. The fraction of sp³-hybridized carbons (Fsp3) is 0.667. The lowest BCUT2D eigenvalue weighted by Gasteiger charge is -2.05. The molecule has 0 spiro atoms. The molecule has 1 N–H and O–H groups in total. The van der Waals surface area contributed by atoms with Crippen molar-refractivity contribution in [2.75, 3.05) is 12.3 Å². The summed E-state index contributed by atoms with van der Waals surface area (Å²) in [5, 5.41) is 3.29. The number of carbonyl (C=O) groups excluding carboxylic acids is 1. The highest BCUT2D eigenvalue weighted by molar-refractivity contribution is 8.00. The summed E-state index contributed by atoms with van der Waals surface area (Å²) < 4.78 is 0. The normalized spacial score (nSPS) is 10.0. The molecule has 0 rings (SSSR count). The first-order valence-electron chi connectivity index (χ1n) is 4.05. The molecule has 0 fully saturated rings. The van der Waals surface area contributed by atoms with Crippen molar-refractivity contribution in [2.24, 2.45) is 0 Å². The van der Waals surface area contributed by atoms with E-state index in [0.717, 1.165) is 5.57 Å². The Bertz CT molecular complexity index is 166. The summed E-state index contributed by atoms with van der Waals surface area (Å²) in [7, 11) is 0. The molecule has 12 heavy (non-hydrogen) atoms. The Hall–Kier alpha value is -0.440. The van der Waals surface area contributed by atoms with Crippen LogP contribution in [0.15, 0.2) is 12.2 Å². The number of carbonyl (C=O) groups is 1. The van der Waals surface area contributed by atoms with Gasteiger partial charge in [-0.05, 0) is 12.2 Å². The minimum atomic E-state index is 0.0942. The maximum atomic E-state index is 11.1. The minimum absolute atomic E-state index is 0.0942. The minimum Gasteiger partial charge on any atom is -0.352 e. The van der Waals surface area contributed by atoms with Gasteiger partial charge in [-0.3, -0.25) is 4.79 Å². The van der Waals surface area contributed by atoms with Crippen molar-refractivity contribution in [1.82, 2.24) is 5.32 Å². The van der Waals surface area contributed by atoms with E-state index in [1.54, 1.807) is 11.8 Å². The second-order valence-corrected chi connectivity index (χ2v) is 4.66. The standard InChI is InChI=1S/C9H17NOS/c1-7(2)5-10-9(11)6-12-8(3)4/h8H,1,5-6H2,2-4H3,(H,10,11). The Morgan fingerprint density at radius 1 is 1.58 bits per heavy atom. The lowest BCUT2D eigenvalue weighted by Crippen LogP contribution is -2.26. The molecular formula is C9H17NOS. The molecule has 0 saturated carbocycles. The van der Waals surface area contributed by atoms with Gasteiger partial charge in [0.2, 0.25) is 5.91 Å². The van der Waals surface area contributed by atoms with E-state index in [1.165, 1.54) is 0 Å². The van der Waals surface area contributed by atoms with Crippen LogP contribution in [0.1, 0.15) is 20.8 Å². The molecule has 3 heteroatoms. The van der Waals surface area contributed by atoms with E-state index in [2.05, 4.69) is 25.7 Å². The van der Waals surface area contributed by atoms with E-state index in [1.807, 2.05) is 6.92 Å². The van der Waals surface area contributed by atoms with Crippen LogP contribution in [-0.2, 0) is 4.79 Å². The maximum absolute atomic E-state index is 11.1. The van der Waals surface area contributed by atoms with Gasteiger partial charge in [-0.25, -0.2) is 0 Å². The fourth-order valence-corrected chi connectivity index (χ4v) is 1.13. The number of nitrogens with one attached hydrogen (secondary N) is 1. The van der Waals surface area contributed by atoms with Crippen molar-refractivity contribution in [3.63, 3.8) is 0 Å². The number of thioether (sulfide) groups is 1. The molecule has 0 aliphatic rings. The molecule has 0 aliphatic carbocycles. The molecule has 0 aromatic rings. The van der Waals surface area contributed by atoms with Gasteiger partial charge in [0.15, 0.2) is 0 Å². The summed E-state index contributed by atoms with van der Waals surface area (Å²) in [5.41, 5.74) is 0.984. The second-order valence-electron chi connectivity index (χ2n) is 3.09. The molecule has 1 amide bonds. The van der Waals surface area contributed by atoms with Gasteiger partial charge in [-0.15, -0.1) is 11.8 Å². The molecule has 0 unspecified atom stereocenters. The molecule has 0 radical (unpaired) electrons. The van der Waals surface area contributed by atoms with Gasteiger partial charge >= 0.3 is 0 Å². The maximum Gasteiger partial charge on any atom is 0.230 e. The average Bonchev–Trinajstić information content (AvgIpc) is 1.96. The SMILES string of the molecule is C=C(C)CNC(=O)CSC(C)C. The van der Waals surface area contributed by atoms with E-state index in [-0.39, 0.29) is 5.91 Å². The van der Waals surface area contributed by atoms with Gasteiger partial charge in [0, 0.05) is 6.54 Å². The molecule has 70 valence electrons. The summed E-state index contributed by atoms with van der Waals surface area (Å²) in [5.74, 6) is 0.641. The van der Waals surface area contributed by atoms with Crippen molar-refractivity contribution in [2.45, 2.75) is 26.0 Å². The molecule has 2 nitrogen and oxygen atoms in total. The van der Waals surface area contributed by atoms with Crippen molar-refractivity contribution in [3.05, 3.63) is 12.2 Å². The lowest BCUT2D eigenvalue weighted by molar-refractivity contribution is -0.118. The van der Waals surface area contributed by atoms with Crippen molar-refractivity contribution in [3.8, 4) is 0 Å². The van der Waals surface area contributed by atoms with Crippen LogP contribution < -0.4 is 5.32 Å². The largest absolute Gasteiger partial charge is 0.352 e. The first-order chi connectivity index (χ1) is 5.52. The summed E-state index contributed by atoms with van der Waals surface area (Å²) in [6.07, 6.45) is 0. The Labute approximate surface area is 78.8 Å². The van der Waals surface area contributed by atoms with Crippen LogP contribution in [0.25, 0.3) is 0 Å². The Balaban J connectivity index is 3.40. The lowest BCUT2D eigenvalue weighted by atomic mass is 10.3. The van der Waals surface area contributed by atoms with E-state index in [0.29, 0.717) is 17.5 Å². The predicted octanol–water partition coefficient (Wildman–Crippen LogP) is 1.82. The summed E-state index contributed by atoms with van der Waals surface area (Å²) >= 11 is 1.65. The highest BCUT2D eigenvalue weighted by atomic mass is 32.2. The third-order valence-electron chi connectivity index (χ3n) is 1.14. The average molecular weight is 187 g/mol. The molecule has 0 heterocycles. The van der Waals surface area contributed by atoms with Gasteiger partial charge in [0.05, 0.1) is 5.75 Å². The van der Waals surface area contributed by atoms with Crippen molar-refractivity contribution < 1.29 is 4.79 Å². The molecule has 0 aromatic heterocycles. The van der Waals surface area contributed by atoms with E-state index in [9.17, 15) is 4.79 Å². The van der Waals surface area contributed by atoms with Crippen LogP contribution >= 0.6 is 11.8 Å². The number of amides is 1. The van der Waals surface area contributed by atoms with Gasteiger partial charge in [-0.2, -0.15) is 0 Å². The zero-order valence-corrected chi connectivity index (χ0v) is 8.83. The topological polar surface area (TPSA) is 29.1 Å². The smallest absolute Gasteiger partial charge is 0.230 e. The monoisotopic (exact) mass is 187 g/mol. The zero-order chi connectivity index (χ0) is 9.56. The van der Waals surface area contributed by atoms with Gasteiger partial charge < -0.3 is 5.32 Å². The van der Waals surface area contributed by atoms with E-state index < -0.39 is 0 Å². The Morgan fingerprint density at radius 3 is 2.58 bits per heavy atom. The molecular weight excluding hydrogens is 170 g/mol. The van der Waals surface area contributed by atoms with Crippen molar-refractivity contribution in [1.29, 1.82) is 0 Å². The predicted molar refractivity (Wildman–Crippen MR) is 55.4 cm³/mol. The molecule has 0 aromatic carbocycles. The number of hydrogen-bond acceptors (Lipinski definition) is 2. The van der Waals surface area contributed by atoms with Gasteiger partial charge in [-0.1, -0.05) is 26.0 Å². The summed E-state index contributed by atoms with van der Waals surface area (Å²) in [4.78, 5) is 11.1. The van der Waals surface area contributed by atoms with Crippen LogP contribution in [0.2, 0.25) is 0 Å². The van der Waals surface area contributed by atoms with Crippen LogP contribution in [0.4, 0.5) is 0 Å². The summed E-state index contributed by atoms with van der Waals surface area (Å²) in [6, 6.07) is 0. The summed E-state index contributed by atoms with van der Waals surface area (Å²) in [6.45, 7) is 10.4. The van der Waals surface area contributed by atoms with Gasteiger partial charge in [0.25, 0.3) is 0 Å². The third kappa shape index (κ3) is 7.66. The van der Waals surface area contributed by atoms with Crippen LogP contribution in [0.5, 0.6) is 0 Å². The number of hydrogen-bond donors (Lipinski definition) is 1. The zero-order valence-electron chi connectivity index (χ0n) is 8.02. The third-order valence-corrected chi connectivity index (χ3v) is 2.23. The fourth-order valence-electron chi connectivity index (χ4n) is 0.543. The molecule has 0 bridgehead atoms. The Morgan fingerprint density at radius 2 is 2.17 bits per heavy atom. The molecule has 0 aliphatic heterocycles. The van der Waals surface area contributed by atoms with Crippen LogP contribution in [0, 0.1) is 0 Å². The quantitative estimate of drug-likeness (QED) is 0.665.